The Hall–Kier alpha value is -1.92. The van der Waals surface area contributed by atoms with Gasteiger partial charge in [0.2, 0.25) is 5.91 Å². The highest BCUT2D eigenvalue weighted by molar-refractivity contribution is 5.76. The third-order valence-electron chi connectivity index (χ3n) is 14.2. The molecule has 3 N–H and O–H groups in total. The summed E-state index contributed by atoms with van der Waals surface area (Å²) in [6.45, 7) is 4.86. The van der Waals surface area contributed by atoms with E-state index in [9.17, 15) is 19.8 Å². The van der Waals surface area contributed by atoms with Crippen LogP contribution >= 0.6 is 0 Å². The van der Waals surface area contributed by atoms with Crippen LogP contribution in [0.25, 0.3) is 0 Å². The summed E-state index contributed by atoms with van der Waals surface area (Å²) in [7, 11) is 0. The fourth-order valence-corrected chi connectivity index (χ4v) is 9.43. The molecule has 6 heteroatoms. The summed E-state index contributed by atoms with van der Waals surface area (Å²) in [6, 6.07) is -0.569. The second kappa shape index (κ2) is 58.6. The Morgan fingerprint density at radius 3 is 1.13 bits per heavy atom. The van der Waals surface area contributed by atoms with Crippen molar-refractivity contribution in [3.05, 3.63) is 36.5 Å². The van der Waals surface area contributed by atoms with Crippen LogP contribution in [0.4, 0.5) is 0 Å². The van der Waals surface area contributed by atoms with Crippen LogP contribution in [0.1, 0.15) is 328 Å². The average Bonchev–Trinajstić information content (AvgIpc) is 3.35. The normalized spacial score (nSPS) is 12.8. The summed E-state index contributed by atoms with van der Waals surface area (Å²) in [6.07, 6.45) is 72.9. The minimum absolute atomic E-state index is 0.0429. The second-order valence-electron chi connectivity index (χ2n) is 21.0. The molecule has 0 spiro atoms. The highest BCUT2D eigenvalue weighted by Crippen LogP contribution is 2.17. The van der Waals surface area contributed by atoms with E-state index in [0.717, 1.165) is 83.5 Å². The lowest BCUT2D eigenvalue weighted by molar-refractivity contribution is -0.143. The molecule has 1 amide bonds. The van der Waals surface area contributed by atoms with Gasteiger partial charge in [-0.05, 0) is 83.5 Å². The van der Waals surface area contributed by atoms with Crippen LogP contribution in [0.2, 0.25) is 0 Å². The number of nitrogens with one attached hydrogen (secondary N) is 1. The highest BCUT2D eigenvalue weighted by atomic mass is 16.5. The molecule has 69 heavy (non-hydrogen) atoms. The quantitative estimate of drug-likeness (QED) is 0.0321. The van der Waals surface area contributed by atoms with Gasteiger partial charge in [-0.2, -0.15) is 0 Å². The fraction of sp³-hybridized carbons (Fsp3) is 0.873. The first kappa shape index (κ1) is 67.1. The number of aliphatic hydroxyl groups excluding tert-OH is 2. The van der Waals surface area contributed by atoms with Crippen LogP contribution in [0, 0.1) is 0 Å². The van der Waals surface area contributed by atoms with Crippen molar-refractivity contribution in [2.45, 2.75) is 341 Å². The van der Waals surface area contributed by atoms with Gasteiger partial charge in [0.15, 0.2) is 0 Å². The Balaban J connectivity index is 3.50. The van der Waals surface area contributed by atoms with Crippen molar-refractivity contribution < 1.29 is 24.5 Å². The average molecular weight is 971 g/mol. The molecular weight excluding hydrogens is 851 g/mol. The van der Waals surface area contributed by atoms with Gasteiger partial charge in [-0.1, -0.05) is 269 Å². The summed E-state index contributed by atoms with van der Waals surface area (Å²) in [5, 5.41) is 23.3. The number of hydrogen-bond donors (Lipinski definition) is 3. The molecule has 0 saturated heterocycles. The number of unbranched alkanes of at least 4 members (excludes halogenated alkanes) is 40. The maximum absolute atomic E-state index is 12.5. The van der Waals surface area contributed by atoms with Crippen LogP contribution < -0.4 is 5.32 Å². The van der Waals surface area contributed by atoms with E-state index < -0.39 is 12.1 Å². The predicted molar refractivity (Wildman–Crippen MR) is 301 cm³/mol. The van der Waals surface area contributed by atoms with E-state index in [0.29, 0.717) is 25.9 Å². The number of carbonyl (C=O) groups is 2. The maximum Gasteiger partial charge on any atom is 0.305 e. The molecule has 0 radical (unpaired) electrons. The highest BCUT2D eigenvalue weighted by Gasteiger charge is 2.20. The lowest BCUT2D eigenvalue weighted by atomic mass is 10.0. The molecule has 0 fully saturated rings. The van der Waals surface area contributed by atoms with Gasteiger partial charge in [-0.15, -0.1) is 0 Å². The van der Waals surface area contributed by atoms with Gasteiger partial charge in [0.25, 0.3) is 0 Å². The lowest BCUT2D eigenvalue weighted by Gasteiger charge is -2.22. The molecule has 6 nitrogen and oxygen atoms in total. The fourth-order valence-electron chi connectivity index (χ4n) is 9.43. The molecule has 0 aliphatic carbocycles. The van der Waals surface area contributed by atoms with Crippen LogP contribution in [0.3, 0.4) is 0 Å². The van der Waals surface area contributed by atoms with Crippen LogP contribution in [0.5, 0.6) is 0 Å². The van der Waals surface area contributed by atoms with E-state index in [2.05, 4.69) is 55.6 Å². The number of hydrogen-bond acceptors (Lipinski definition) is 5. The molecule has 0 rings (SSSR count). The number of carbonyl (C=O) groups excluding carboxylic acids is 2. The first-order chi connectivity index (χ1) is 34.0. The smallest absolute Gasteiger partial charge is 0.305 e. The largest absolute Gasteiger partial charge is 0.466 e. The summed E-state index contributed by atoms with van der Waals surface area (Å²) < 4.78 is 5.45. The van der Waals surface area contributed by atoms with E-state index in [-0.39, 0.29) is 18.5 Å². The van der Waals surface area contributed by atoms with Crippen molar-refractivity contribution in [1.29, 1.82) is 0 Å². The molecule has 2 atom stereocenters. The third-order valence-corrected chi connectivity index (χ3v) is 14.2. The molecule has 0 aromatic rings. The van der Waals surface area contributed by atoms with Gasteiger partial charge >= 0.3 is 5.97 Å². The molecule has 0 heterocycles. The number of allylic oxidation sites excluding steroid dienone is 6. The summed E-state index contributed by atoms with van der Waals surface area (Å²) >= 11 is 0. The summed E-state index contributed by atoms with van der Waals surface area (Å²) in [5.41, 5.74) is 0. The standard InChI is InChI=1S/C63H119NO5/c1-3-5-7-9-11-13-15-17-19-21-23-24-25-26-27-28-29-31-33-35-39-43-47-51-55-61(66)60(59-65)64-62(67)56-52-48-44-40-37-38-42-46-50-54-58-69-63(68)57-53-49-45-41-36-34-32-30-22-20-18-16-14-12-10-8-6-4-2/h14,16,20,22,38,42,60-61,65-66H,3-13,15,17-19,21,23-37,39-41,43-59H2,1-2H3,(H,64,67)/b16-14-,22-20-,42-38-. The van der Waals surface area contributed by atoms with Gasteiger partial charge in [0.1, 0.15) is 0 Å². The molecule has 0 aromatic carbocycles. The van der Waals surface area contributed by atoms with Gasteiger partial charge < -0.3 is 20.3 Å². The van der Waals surface area contributed by atoms with Gasteiger partial charge in [0, 0.05) is 12.8 Å². The third kappa shape index (κ3) is 55.2. The number of amides is 1. The van der Waals surface area contributed by atoms with E-state index in [1.54, 1.807) is 0 Å². The first-order valence-corrected chi connectivity index (χ1v) is 30.7. The molecule has 0 aliphatic heterocycles. The zero-order valence-corrected chi connectivity index (χ0v) is 46.3. The first-order valence-electron chi connectivity index (χ1n) is 30.7. The van der Waals surface area contributed by atoms with E-state index in [1.807, 2.05) is 0 Å². The SMILES string of the molecule is CCCCCC/C=C\C/C=C\CCCCCCCCCC(=O)OCCCC/C=C\CCCCCCC(=O)NC(CO)C(O)CCCCCCCCCCCCCCCCCCCCCCCCCC. The van der Waals surface area contributed by atoms with Gasteiger partial charge in [-0.25, -0.2) is 0 Å². The van der Waals surface area contributed by atoms with Crippen LogP contribution in [-0.4, -0.2) is 47.4 Å². The summed E-state index contributed by atoms with van der Waals surface area (Å²) in [4.78, 5) is 24.6. The predicted octanol–water partition coefficient (Wildman–Crippen LogP) is 19.2. The number of aliphatic hydroxyl groups is 2. The molecule has 0 aliphatic rings. The van der Waals surface area contributed by atoms with Crippen molar-refractivity contribution in [1.82, 2.24) is 5.32 Å². The number of ether oxygens (including phenoxy) is 1. The van der Waals surface area contributed by atoms with E-state index in [4.69, 9.17) is 4.74 Å². The lowest BCUT2D eigenvalue weighted by Crippen LogP contribution is -2.45. The van der Waals surface area contributed by atoms with Gasteiger partial charge in [-0.3, -0.25) is 9.59 Å². The molecule has 0 saturated carbocycles. The number of esters is 1. The molecule has 0 bridgehead atoms. The van der Waals surface area contributed by atoms with E-state index in [1.165, 1.54) is 212 Å². The summed E-state index contributed by atoms with van der Waals surface area (Å²) in [5.74, 6) is -0.112. The number of rotatable bonds is 57. The zero-order valence-electron chi connectivity index (χ0n) is 46.3. The Morgan fingerprint density at radius 2 is 0.725 bits per heavy atom. The molecule has 0 aromatic heterocycles. The minimum Gasteiger partial charge on any atom is -0.466 e. The molecule has 406 valence electrons. The van der Waals surface area contributed by atoms with E-state index >= 15 is 0 Å². The van der Waals surface area contributed by atoms with Crippen LogP contribution in [0.15, 0.2) is 36.5 Å². The topological polar surface area (TPSA) is 95.9 Å². The second-order valence-corrected chi connectivity index (χ2v) is 21.0. The van der Waals surface area contributed by atoms with Crippen molar-refractivity contribution in [3.8, 4) is 0 Å². The Morgan fingerprint density at radius 1 is 0.406 bits per heavy atom. The van der Waals surface area contributed by atoms with Gasteiger partial charge in [0.05, 0.1) is 25.4 Å². The van der Waals surface area contributed by atoms with Crippen LogP contribution in [-0.2, 0) is 14.3 Å². The van der Waals surface area contributed by atoms with Crippen molar-refractivity contribution in [3.63, 3.8) is 0 Å². The molecular formula is C63H119NO5. The Bertz CT molecular complexity index is 1120. The monoisotopic (exact) mass is 970 g/mol. The Kier molecular flexibility index (Phi) is 57.0. The van der Waals surface area contributed by atoms with Crippen molar-refractivity contribution in [2.75, 3.05) is 13.2 Å². The minimum atomic E-state index is -0.689. The zero-order chi connectivity index (χ0) is 50.0. The van der Waals surface area contributed by atoms with Crippen molar-refractivity contribution in [2.24, 2.45) is 0 Å². The Labute approximate surface area is 430 Å². The van der Waals surface area contributed by atoms with Crippen molar-refractivity contribution >= 4 is 11.9 Å². The molecule has 2 unspecified atom stereocenters. The maximum atomic E-state index is 12.5.